The van der Waals surface area contributed by atoms with Crippen LogP contribution in [0.4, 0.5) is 17.1 Å². The average Bonchev–Trinajstić information content (AvgIpc) is 2.52. The molecule has 1 aromatic heterocycles. The molecule has 2 aromatic carbocycles. The van der Waals surface area contributed by atoms with Crippen molar-refractivity contribution in [3.05, 3.63) is 69.3 Å². The number of aromatic nitrogens is 2. The van der Waals surface area contributed by atoms with E-state index in [0.29, 0.717) is 22.3 Å². The molecule has 0 saturated carbocycles. The second kappa shape index (κ2) is 5.28. The van der Waals surface area contributed by atoms with E-state index in [2.05, 4.69) is 10.3 Å². The molecule has 0 aliphatic rings. The zero-order chi connectivity index (χ0) is 15.7. The van der Waals surface area contributed by atoms with Gasteiger partial charge in [-0.3, -0.25) is 14.9 Å². The van der Waals surface area contributed by atoms with Gasteiger partial charge < -0.3 is 9.88 Å². The Labute approximate surface area is 125 Å². The van der Waals surface area contributed by atoms with Crippen LogP contribution in [0.15, 0.2) is 53.6 Å². The Hall–Kier alpha value is -3.22. The minimum atomic E-state index is -0.449. The van der Waals surface area contributed by atoms with Gasteiger partial charge in [0.15, 0.2) is 0 Å². The number of rotatable bonds is 3. The predicted molar refractivity (Wildman–Crippen MR) is 83.4 cm³/mol. The number of nitrogens with zero attached hydrogens (tertiary/aromatic N) is 3. The summed E-state index contributed by atoms with van der Waals surface area (Å²) in [6.45, 7) is 0. The third-order valence-electron chi connectivity index (χ3n) is 3.28. The molecule has 0 radical (unpaired) electrons. The van der Waals surface area contributed by atoms with Crippen molar-refractivity contribution in [2.24, 2.45) is 7.05 Å². The van der Waals surface area contributed by atoms with E-state index in [-0.39, 0.29) is 11.2 Å². The number of hydrogen-bond donors (Lipinski definition) is 1. The minimum absolute atomic E-state index is 0.0298. The Kier molecular flexibility index (Phi) is 3.30. The second-order valence-electron chi connectivity index (χ2n) is 4.82. The fourth-order valence-corrected chi connectivity index (χ4v) is 2.12. The molecule has 0 saturated heterocycles. The molecule has 0 spiro atoms. The van der Waals surface area contributed by atoms with Gasteiger partial charge in [0.1, 0.15) is 0 Å². The maximum Gasteiger partial charge on any atom is 0.269 e. The molecule has 0 fully saturated rings. The van der Waals surface area contributed by atoms with Crippen molar-refractivity contribution in [1.29, 1.82) is 0 Å². The summed E-state index contributed by atoms with van der Waals surface area (Å²) in [5, 5.41) is 14.2. The van der Waals surface area contributed by atoms with E-state index in [0.717, 1.165) is 0 Å². The number of nitrogens with one attached hydrogen (secondary N) is 1. The number of nitro benzene ring substituents is 1. The fraction of sp³-hybridized carbons (Fsp3) is 0.0667. The summed E-state index contributed by atoms with van der Waals surface area (Å²) in [4.78, 5) is 26.4. The van der Waals surface area contributed by atoms with E-state index in [1.54, 1.807) is 37.4 Å². The van der Waals surface area contributed by atoms with E-state index in [1.807, 2.05) is 0 Å². The zero-order valence-corrected chi connectivity index (χ0v) is 11.7. The number of hydrogen-bond acceptors (Lipinski definition) is 5. The van der Waals surface area contributed by atoms with Crippen molar-refractivity contribution in [2.45, 2.75) is 0 Å². The quantitative estimate of drug-likeness (QED) is 0.592. The summed E-state index contributed by atoms with van der Waals surface area (Å²) in [6, 6.07) is 11.3. The standard InChI is InChI=1S/C15H12N4O3/c1-18-9-16-14-7-4-11(8-13(14)15(18)20)17-10-2-5-12(6-3-10)19(21)22/h2-9,17H,1H3. The maximum atomic E-state index is 12.1. The Morgan fingerprint density at radius 3 is 2.50 bits per heavy atom. The van der Waals surface area contributed by atoms with E-state index < -0.39 is 4.92 Å². The zero-order valence-electron chi connectivity index (χ0n) is 11.7. The minimum Gasteiger partial charge on any atom is -0.355 e. The Morgan fingerprint density at radius 1 is 1.14 bits per heavy atom. The summed E-state index contributed by atoms with van der Waals surface area (Å²) >= 11 is 0. The highest BCUT2D eigenvalue weighted by molar-refractivity contribution is 5.82. The van der Waals surface area contributed by atoms with Gasteiger partial charge in [-0.1, -0.05) is 0 Å². The number of aryl methyl sites for hydroxylation is 1. The van der Waals surface area contributed by atoms with E-state index >= 15 is 0 Å². The average molecular weight is 296 g/mol. The molecule has 1 heterocycles. The SMILES string of the molecule is Cn1cnc2ccc(Nc3ccc([N+](=O)[O-])cc3)cc2c1=O. The summed E-state index contributed by atoms with van der Waals surface area (Å²) in [5.41, 5.74) is 1.94. The molecule has 0 bridgehead atoms. The van der Waals surface area contributed by atoms with Crippen LogP contribution in [0.5, 0.6) is 0 Å². The molecule has 3 aromatic rings. The normalized spacial score (nSPS) is 10.6. The molecular weight excluding hydrogens is 284 g/mol. The third-order valence-corrected chi connectivity index (χ3v) is 3.28. The van der Waals surface area contributed by atoms with Crippen molar-refractivity contribution in [3.8, 4) is 0 Å². The van der Waals surface area contributed by atoms with Gasteiger partial charge in [0.05, 0.1) is 22.2 Å². The summed E-state index contributed by atoms with van der Waals surface area (Å²) in [6.07, 6.45) is 1.48. The molecule has 0 atom stereocenters. The van der Waals surface area contributed by atoms with Gasteiger partial charge in [-0.2, -0.15) is 0 Å². The van der Waals surface area contributed by atoms with Crippen molar-refractivity contribution >= 4 is 28.0 Å². The van der Waals surface area contributed by atoms with Gasteiger partial charge >= 0.3 is 0 Å². The third kappa shape index (κ3) is 2.51. The van der Waals surface area contributed by atoms with Crippen LogP contribution in [0.25, 0.3) is 10.9 Å². The maximum absolute atomic E-state index is 12.1. The van der Waals surface area contributed by atoms with Crippen LogP contribution >= 0.6 is 0 Å². The van der Waals surface area contributed by atoms with E-state index in [9.17, 15) is 14.9 Å². The van der Waals surface area contributed by atoms with Gasteiger partial charge in [0.25, 0.3) is 11.2 Å². The molecule has 0 unspecified atom stereocenters. The monoisotopic (exact) mass is 296 g/mol. The van der Waals surface area contributed by atoms with Crippen molar-refractivity contribution in [1.82, 2.24) is 9.55 Å². The molecule has 3 rings (SSSR count). The number of anilines is 2. The number of non-ortho nitro benzene ring substituents is 1. The Bertz CT molecular complexity index is 916. The highest BCUT2D eigenvalue weighted by Gasteiger charge is 2.06. The van der Waals surface area contributed by atoms with Crippen LogP contribution in [-0.4, -0.2) is 14.5 Å². The highest BCUT2D eigenvalue weighted by Crippen LogP contribution is 2.21. The molecular formula is C15H12N4O3. The molecule has 7 heteroatoms. The largest absolute Gasteiger partial charge is 0.355 e. The van der Waals surface area contributed by atoms with E-state index in [1.165, 1.54) is 23.0 Å². The molecule has 110 valence electrons. The van der Waals surface area contributed by atoms with Gasteiger partial charge in [-0.25, -0.2) is 4.98 Å². The van der Waals surface area contributed by atoms with Crippen molar-refractivity contribution < 1.29 is 4.92 Å². The van der Waals surface area contributed by atoms with Crippen LogP contribution in [0, 0.1) is 10.1 Å². The first-order chi connectivity index (χ1) is 10.5. The molecule has 0 aliphatic heterocycles. The van der Waals surface area contributed by atoms with Crippen molar-refractivity contribution in [2.75, 3.05) is 5.32 Å². The number of benzene rings is 2. The second-order valence-corrected chi connectivity index (χ2v) is 4.82. The first-order valence-electron chi connectivity index (χ1n) is 6.51. The lowest BCUT2D eigenvalue weighted by Crippen LogP contribution is -2.16. The smallest absolute Gasteiger partial charge is 0.269 e. The van der Waals surface area contributed by atoms with Crippen LogP contribution < -0.4 is 10.9 Å². The number of fused-ring (bicyclic) bond motifs is 1. The van der Waals surface area contributed by atoms with Crippen LogP contribution in [0.2, 0.25) is 0 Å². The summed E-state index contributed by atoms with van der Waals surface area (Å²) in [7, 11) is 1.64. The summed E-state index contributed by atoms with van der Waals surface area (Å²) in [5.74, 6) is 0. The predicted octanol–water partition coefficient (Wildman–Crippen LogP) is 2.59. The summed E-state index contributed by atoms with van der Waals surface area (Å²) < 4.78 is 1.41. The molecule has 1 N–H and O–H groups in total. The topological polar surface area (TPSA) is 90.1 Å². The Balaban J connectivity index is 1.95. The first kappa shape index (κ1) is 13.7. The molecule has 0 amide bonds. The highest BCUT2D eigenvalue weighted by atomic mass is 16.6. The van der Waals surface area contributed by atoms with Crippen LogP contribution in [-0.2, 0) is 7.05 Å². The molecule has 22 heavy (non-hydrogen) atoms. The first-order valence-corrected chi connectivity index (χ1v) is 6.51. The van der Waals surface area contributed by atoms with Crippen molar-refractivity contribution in [3.63, 3.8) is 0 Å². The Morgan fingerprint density at radius 2 is 1.82 bits per heavy atom. The molecule has 7 nitrogen and oxygen atoms in total. The van der Waals surface area contributed by atoms with Crippen LogP contribution in [0.1, 0.15) is 0 Å². The lowest BCUT2D eigenvalue weighted by atomic mass is 10.2. The van der Waals surface area contributed by atoms with Crippen LogP contribution in [0.3, 0.4) is 0 Å². The van der Waals surface area contributed by atoms with Gasteiger partial charge in [-0.15, -0.1) is 0 Å². The van der Waals surface area contributed by atoms with Gasteiger partial charge in [0, 0.05) is 30.6 Å². The molecule has 0 aliphatic carbocycles. The lowest BCUT2D eigenvalue weighted by Gasteiger charge is -2.07. The van der Waals surface area contributed by atoms with E-state index in [4.69, 9.17) is 0 Å². The lowest BCUT2D eigenvalue weighted by molar-refractivity contribution is -0.384. The van der Waals surface area contributed by atoms with Gasteiger partial charge in [-0.05, 0) is 30.3 Å². The number of nitro groups is 1. The fourth-order valence-electron chi connectivity index (χ4n) is 2.12. The van der Waals surface area contributed by atoms with Gasteiger partial charge in [0.2, 0.25) is 0 Å².